The minimum absolute atomic E-state index is 0.261. The van der Waals surface area contributed by atoms with E-state index in [1.807, 2.05) is 28.9 Å². The Balaban J connectivity index is 2.38. The van der Waals surface area contributed by atoms with Crippen LogP contribution in [0, 0.1) is 0 Å². The number of ether oxygens (including phenoxy) is 1. The summed E-state index contributed by atoms with van der Waals surface area (Å²) in [6, 6.07) is 8.15. The molecule has 0 aliphatic heterocycles. The summed E-state index contributed by atoms with van der Waals surface area (Å²) in [5.41, 5.74) is 3.23. The highest BCUT2D eigenvalue weighted by atomic mass is 16.5. The van der Waals surface area contributed by atoms with Crippen LogP contribution in [0.2, 0.25) is 0 Å². The second-order valence-corrected chi connectivity index (χ2v) is 4.90. The highest BCUT2D eigenvalue weighted by Gasteiger charge is 2.19. The Bertz CT molecular complexity index is 562. The standard InChI is InChI=1S/C16H24N4O/c1-5-14(17-7-3)16-15(6-2)20(19-18-16)12-8-10-13(21-4)11-9-12/h8-11,14,17H,5-7H2,1-4H3. The SMILES string of the molecule is CCNC(CC)c1nnn(-c2ccc(OC)cc2)c1CC. The van der Waals surface area contributed by atoms with Gasteiger partial charge < -0.3 is 10.1 Å². The number of rotatable bonds is 7. The molecule has 0 saturated carbocycles. The van der Waals surface area contributed by atoms with E-state index in [1.54, 1.807) is 7.11 Å². The van der Waals surface area contributed by atoms with E-state index in [0.29, 0.717) is 0 Å². The zero-order valence-corrected chi connectivity index (χ0v) is 13.3. The Kier molecular flexibility index (Phi) is 5.33. The fourth-order valence-electron chi connectivity index (χ4n) is 2.53. The number of hydrogen-bond acceptors (Lipinski definition) is 4. The predicted octanol–water partition coefficient (Wildman–Crippen LogP) is 2.90. The molecule has 0 amide bonds. The number of hydrogen-bond donors (Lipinski definition) is 1. The van der Waals surface area contributed by atoms with Gasteiger partial charge in [0.05, 0.1) is 24.5 Å². The molecule has 0 aliphatic carbocycles. The minimum Gasteiger partial charge on any atom is -0.497 e. The van der Waals surface area contributed by atoms with E-state index < -0.39 is 0 Å². The average molecular weight is 288 g/mol. The molecule has 5 heteroatoms. The Morgan fingerprint density at radius 2 is 1.90 bits per heavy atom. The Morgan fingerprint density at radius 1 is 1.19 bits per heavy atom. The zero-order chi connectivity index (χ0) is 15.2. The van der Waals surface area contributed by atoms with Crippen LogP contribution in [-0.4, -0.2) is 28.6 Å². The molecule has 0 radical (unpaired) electrons. The first-order valence-electron chi connectivity index (χ1n) is 7.57. The van der Waals surface area contributed by atoms with Gasteiger partial charge in [0.25, 0.3) is 0 Å². The van der Waals surface area contributed by atoms with Crippen LogP contribution >= 0.6 is 0 Å². The molecule has 114 valence electrons. The molecule has 1 heterocycles. The molecule has 1 N–H and O–H groups in total. The third-order valence-corrected chi connectivity index (χ3v) is 3.63. The van der Waals surface area contributed by atoms with Gasteiger partial charge in [0.2, 0.25) is 0 Å². The first-order chi connectivity index (χ1) is 10.2. The summed E-state index contributed by atoms with van der Waals surface area (Å²) < 4.78 is 7.12. The van der Waals surface area contributed by atoms with Crippen molar-refractivity contribution in [1.29, 1.82) is 0 Å². The third-order valence-electron chi connectivity index (χ3n) is 3.63. The van der Waals surface area contributed by atoms with Crippen LogP contribution in [0.5, 0.6) is 5.75 Å². The van der Waals surface area contributed by atoms with E-state index in [-0.39, 0.29) is 6.04 Å². The van der Waals surface area contributed by atoms with E-state index >= 15 is 0 Å². The molecule has 1 unspecified atom stereocenters. The molecule has 2 rings (SSSR count). The fraction of sp³-hybridized carbons (Fsp3) is 0.500. The first kappa shape index (κ1) is 15.5. The molecule has 5 nitrogen and oxygen atoms in total. The van der Waals surface area contributed by atoms with Crippen molar-refractivity contribution < 1.29 is 4.74 Å². The van der Waals surface area contributed by atoms with Gasteiger partial charge in [-0.1, -0.05) is 26.0 Å². The molecular formula is C16H24N4O. The third kappa shape index (κ3) is 3.24. The van der Waals surface area contributed by atoms with Crippen molar-refractivity contribution in [1.82, 2.24) is 20.3 Å². The summed E-state index contributed by atoms with van der Waals surface area (Å²) in [5, 5.41) is 12.2. The number of aromatic nitrogens is 3. The van der Waals surface area contributed by atoms with E-state index in [1.165, 1.54) is 0 Å². The average Bonchev–Trinajstić information content (AvgIpc) is 2.96. The van der Waals surface area contributed by atoms with E-state index in [9.17, 15) is 0 Å². The number of methoxy groups -OCH3 is 1. The number of benzene rings is 1. The monoisotopic (exact) mass is 288 g/mol. The van der Waals surface area contributed by atoms with Gasteiger partial charge in [-0.05, 0) is 43.7 Å². The maximum absolute atomic E-state index is 5.20. The quantitative estimate of drug-likeness (QED) is 0.851. The van der Waals surface area contributed by atoms with Gasteiger partial charge in [-0.25, -0.2) is 4.68 Å². The smallest absolute Gasteiger partial charge is 0.119 e. The van der Waals surface area contributed by atoms with E-state index in [0.717, 1.165) is 42.2 Å². The molecule has 1 atom stereocenters. The minimum atomic E-state index is 0.261. The molecule has 0 bridgehead atoms. The lowest BCUT2D eigenvalue weighted by Crippen LogP contribution is -2.21. The highest BCUT2D eigenvalue weighted by Crippen LogP contribution is 2.22. The maximum Gasteiger partial charge on any atom is 0.119 e. The van der Waals surface area contributed by atoms with Crippen LogP contribution in [0.3, 0.4) is 0 Å². The van der Waals surface area contributed by atoms with Crippen molar-refractivity contribution in [3.8, 4) is 11.4 Å². The second kappa shape index (κ2) is 7.22. The summed E-state index contributed by atoms with van der Waals surface area (Å²) in [6.45, 7) is 7.35. The van der Waals surface area contributed by atoms with E-state index in [4.69, 9.17) is 4.74 Å². The largest absolute Gasteiger partial charge is 0.497 e. The highest BCUT2D eigenvalue weighted by molar-refractivity contribution is 5.38. The molecule has 1 aromatic carbocycles. The van der Waals surface area contributed by atoms with Gasteiger partial charge >= 0.3 is 0 Å². The van der Waals surface area contributed by atoms with Gasteiger partial charge in [-0.15, -0.1) is 5.10 Å². The molecule has 0 fully saturated rings. The van der Waals surface area contributed by atoms with Gasteiger partial charge in [-0.3, -0.25) is 0 Å². The lowest BCUT2D eigenvalue weighted by molar-refractivity contribution is 0.414. The Morgan fingerprint density at radius 3 is 2.43 bits per heavy atom. The van der Waals surface area contributed by atoms with Crippen LogP contribution in [0.1, 0.15) is 44.6 Å². The van der Waals surface area contributed by atoms with Crippen LogP contribution in [0.25, 0.3) is 5.69 Å². The van der Waals surface area contributed by atoms with Crippen LogP contribution in [-0.2, 0) is 6.42 Å². The van der Waals surface area contributed by atoms with Crippen LogP contribution < -0.4 is 10.1 Å². The predicted molar refractivity (Wildman–Crippen MR) is 84.0 cm³/mol. The summed E-state index contributed by atoms with van der Waals surface area (Å²) in [6.07, 6.45) is 1.90. The lowest BCUT2D eigenvalue weighted by atomic mass is 10.1. The lowest BCUT2D eigenvalue weighted by Gasteiger charge is -2.15. The summed E-state index contributed by atoms with van der Waals surface area (Å²) in [7, 11) is 1.67. The van der Waals surface area contributed by atoms with E-state index in [2.05, 4.69) is 36.4 Å². The number of nitrogens with one attached hydrogen (secondary N) is 1. The van der Waals surface area contributed by atoms with Crippen LogP contribution in [0.15, 0.2) is 24.3 Å². The van der Waals surface area contributed by atoms with Crippen LogP contribution in [0.4, 0.5) is 0 Å². The molecule has 0 saturated heterocycles. The normalized spacial score (nSPS) is 12.4. The Hall–Kier alpha value is -1.88. The van der Waals surface area contributed by atoms with Crippen molar-refractivity contribution >= 4 is 0 Å². The molecule has 1 aromatic heterocycles. The van der Waals surface area contributed by atoms with Crippen molar-refractivity contribution in [2.24, 2.45) is 0 Å². The van der Waals surface area contributed by atoms with Gasteiger partial charge in [0.15, 0.2) is 0 Å². The molecule has 0 aliphatic rings. The summed E-state index contributed by atoms with van der Waals surface area (Å²) in [4.78, 5) is 0. The summed E-state index contributed by atoms with van der Waals surface area (Å²) >= 11 is 0. The molecule has 21 heavy (non-hydrogen) atoms. The van der Waals surface area contributed by atoms with Crippen molar-refractivity contribution in [3.63, 3.8) is 0 Å². The molecule has 0 spiro atoms. The first-order valence-corrected chi connectivity index (χ1v) is 7.57. The second-order valence-electron chi connectivity index (χ2n) is 4.90. The van der Waals surface area contributed by atoms with Crippen molar-refractivity contribution in [2.75, 3.05) is 13.7 Å². The topological polar surface area (TPSA) is 52.0 Å². The van der Waals surface area contributed by atoms with Gasteiger partial charge in [-0.2, -0.15) is 0 Å². The number of nitrogens with zero attached hydrogens (tertiary/aromatic N) is 3. The van der Waals surface area contributed by atoms with Gasteiger partial charge in [0.1, 0.15) is 11.4 Å². The summed E-state index contributed by atoms with van der Waals surface area (Å²) in [5.74, 6) is 0.844. The van der Waals surface area contributed by atoms with Gasteiger partial charge in [0, 0.05) is 0 Å². The molecule has 2 aromatic rings. The Labute approximate surface area is 126 Å². The molecular weight excluding hydrogens is 264 g/mol. The van der Waals surface area contributed by atoms with Crippen molar-refractivity contribution in [3.05, 3.63) is 35.7 Å². The van der Waals surface area contributed by atoms with Crippen molar-refractivity contribution in [2.45, 2.75) is 39.7 Å². The fourth-order valence-corrected chi connectivity index (χ4v) is 2.53. The maximum atomic E-state index is 5.20. The zero-order valence-electron chi connectivity index (χ0n) is 13.3.